The lowest BCUT2D eigenvalue weighted by atomic mass is 9.89. The number of hydrogen-bond donors (Lipinski definition) is 2. The molecule has 1 rings (SSSR count). The Kier molecular flexibility index (Phi) is 4.16. The molecule has 2 N–H and O–H groups in total. The van der Waals surface area contributed by atoms with Crippen LogP contribution < -0.4 is 0 Å². The lowest BCUT2D eigenvalue weighted by Crippen LogP contribution is -2.25. The SMILES string of the molecule is CC(O)C(c1cccc(C(F)(F)F)c1)C(C)O. The molecule has 2 nitrogen and oxygen atoms in total. The molecule has 0 aliphatic rings. The molecule has 0 aromatic heterocycles. The largest absolute Gasteiger partial charge is 0.416 e. The van der Waals surface area contributed by atoms with E-state index in [1.54, 1.807) is 0 Å². The van der Waals surface area contributed by atoms with E-state index in [9.17, 15) is 23.4 Å². The van der Waals surface area contributed by atoms with Crippen LogP contribution in [0.3, 0.4) is 0 Å². The van der Waals surface area contributed by atoms with Gasteiger partial charge in [-0.2, -0.15) is 13.2 Å². The fourth-order valence-electron chi connectivity index (χ4n) is 1.88. The lowest BCUT2D eigenvalue weighted by molar-refractivity contribution is -0.137. The highest BCUT2D eigenvalue weighted by Crippen LogP contribution is 2.32. The second-order valence-corrected chi connectivity index (χ2v) is 4.13. The Hall–Kier alpha value is -1.07. The Morgan fingerprint density at radius 3 is 2.00 bits per heavy atom. The summed E-state index contributed by atoms with van der Waals surface area (Å²) < 4.78 is 37.5. The number of rotatable bonds is 3. The van der Waals surface area contributed by atoms with Gasteiger partial charge in [0.25, 0.3) is 0 Å². The van der Waals surface area contributed by atoms with Crippen LogP contribution in [0.4, 0.5) is 13.2 Å². The van der Waals surface area contributed by atoms with Crippen LogP contribution in [0.5, 0.6) is 0 Å². The lowest BCUT2D eigenvalue weighted by Gasteiger charge is -2.24. The second kappa shape index (κ2) is 5.06. The highest BCUT2D eigenvalue weighted by atomic mass is 19.4. The first-order chi connectivity index (χ1) is 7.73. The average Bonchev–Trinajstić information content (AvgIpc) is 2.15. The third-order valence-electron chi connectivity index (χ3n) is 2.64. The zero-order valence-electron chi connectivity index (χ0n) is 9.57. The predicted octanol–water partition coefficient (Wildman–Crippen LogP) is 2.55. The Bertz CT molecular complexity index is 364. The van der Waals surface area contributed by atoms with Crippen molar-refractivity contribution in [1.82, 2.24) is 0 Å². The minimum Gasteiger partial charge on any atom is -0.393 e. The van der Waals surface area contributed by atoms with Crippen LogP contribution in [-0.2, 0) is 6.18 Å². The number of benzene rings is 1. The minimum atomic E-state index is -4.42. The van der Waals surface area contributed by atoms with Crippen LogP contribution in [0.25, 0.3) is 0 Å². The van der Waals surface area contributed by atoms with Gasteiger partial charge in [0.15, 0.2) is 0 Å². The van der Waals surface area contributed by atoms with Crippen molar-refractivity contribution in [3.8, 4) is 0 Å². The molecule has 0 fully saturated rings. The maximum Gasteiger partial charge on any atom is 0.416 e. The summed E-state index contributed by atoms with van der Waals surface area (Å²) in [4.78, 5) is 0. The third-order valence-corrected chi connectivity index (χ3v) is 2.64. The zero-order chi connectivity index (χ0) is 13.2. The highest BCUT2D eigenvalue weighted by Gasteiger charge is 2.32. The zero-order valence-corrected chi connectivity index (χ0v) is 9.57. The maximum atomic E-state index is 12.5. The van der Waals surface area contributed by atoms with Gasteiger partial charge in [-0.3, -0.25) is 0 Å². The molecule has 0 spiro atoms. The van der Waals surface area contributed by atoms with Gasteiger partial charge in [-0.25, -0.2) is 0 Å². The van der Waals surface area contributed by atoms with E-state index in [1.165, 1.54) is 26.0 Å². The van der Waals surface area contributed by atoms with Gasteiger partial charge in [0.05, 0.1) is 17.8 Å². The van der Waals surface area contributed by atoms with E-state index in [0.29, 0.717) is 0 Å². The molecule has 17 heavy (non-hydrogen) atoms. The summed E-state index contributed by atoms with van der Waals surface area (Å²) in [7, 11) is 0. The summed E-state index contributed by atoms with van der Waals surface area (Å²) in [6.07, 6.45) is -6.25. The van der Waals surface area contributed by atoms with Crippen LogP contribution in [0, 0.1) is 0 Å². The quantitative estimate of drug-likeness (QED) is 0.863. The molecule has 0 bridgehead atoms. The van der Waals surface area contributed by atoms with Crippen molar-refractivity contribution in [2.24, 2.45) is 0 Å². The van der Waals surface area contributed by atoms with E-state index in [1.807, 2.05) is 0 Å². The molecule has 0 saturated carbocycles. The highest BCUT2D eigenvalue weighted by molar-refractivity contribution is 5.29. The standard InChI is InChI=1S/C12H15F3O2/c1-7(16)11(8(2)17)9-4-3-5-10(6-9)12(13,14)15/h3-8,11,16-17H,1-2H3. The van der Waals surface area contributed by atoms with Crippen molar-refractivity contribution < 1.29 is 23.4 Å². The molecule has 0 heterocycles. The Morgan fingerprint density at radius 1 is 1.06 bits per heavy atom. The predicted molar refractivity (Wildman–Crippen MR) is 57.5 cm³/mol. The van der Waals surface area contributed by atoms with E-state index in [0.717, 1.165) is 12.1 Å². The summed E-state index contributed by atoms with van der Waals surface area (Å²) in [5.74, 6) is -0.725. The van der Waals surface area contributed by atoms with Gasteiger partial charge in [0, 0.05) is 5.92 Å². The summed E-state index contributed by atoms with van der Waals surface area (Å²) in [5, 5.41) is 19.0. The van der Waals surface area contributed by atoms with Crippen molar-refractivity contribution in [3.63, 3.8) is 0 Å². The van der Waals surface area contributed by atoms with E-state index in [2.05, 4.69) is 0 Å². The first kappa shape index (κ1) is 14.0. The molecule has 0 amide bonds. The van der Waals surface area contributed by atoms with Crippen LogP contribution in [0.1, 0.15) is 30.9 Å². The molecular weight excluding hydrogens is 233 g/mol. The first-order valence-electron chi connectivity index (χ1n) is 5.26. The summed E-state index contributed by atoms with van der Waals surface area (Å²) >= 11 is 0. The molecule has 1 aromatic rings. The minimum absolute atomic E-state index is 0.282. The van der Waals surface area contributed by atoms with Gasteiger partial charge < -0.3 is 10.2 Å². The smallest absolute Gasteiger partial charge is 0.393 e. The number of aliphatic hydroxyl groups excluding tert-OH is 2. The van der Waals surface area contributed by atoms with Gasteiger partial charge in [-0.1, -0.05) is 18.2 Å². The van der Waals surface area contributed by atoms with E-state index < -0.39 is 29.9 Å². The van der Waals surface area contributed by atoms with Crippen molar-refractivity contribution in [2.45, 2.75) is 38.1 Å². The number of halogens is 3. The average molecular weight is 248 g/mol. The Labute approximate surface area is 97.7 Å². The number of alkyl halides is 3. The van der Waals surface area contributed by atoms with Crippen LogP contribution in [0.15, 0.2) is 24.3 Å². The van der Waals surface area contributed by atoms with Crippen molar-refractivity contribution in [3.05, 3.63) is 35.4 Å². The maximum absolute atomic E-state index is 12.5. The number of aliphatic hydroxyl groups is 2. The molecular formula is C12H15F3O2. The Balaban J connectivity index is 3.14. The van der Waals surface area contributed by atoms with E-state index in [4.69, 9.17) is 0 Å². The van der Waals surface area contributed by atoms with Crippen LogP contribution >= 0.6 is 0 Å². The molecule has 1 aromatic carbocycles. The van der Waals surface area contributed by atoms with Gasteiger partial charge in [-0.15, -0.1) is 0 Å². The fraction of sp³-hybridized carbons (Fsp3) is 0.500. The molecule has 0 aliphatic heterocycles. The van der Waals surface area contributed by atoms with E-state index >= 15 is 0 Å². The Morgan fingerprint density at radius 2 is 1.59 bits per heavy atom. The van der Waals surface area contributed by atoms with Crippen LogP contribution in [0.2, 0.25) is 0 Å². The topological polar surface area (TPSA) is 40.5 Å². The first-order valence-corrected chi connectivity index (χ1v) is 5.26. The van der Waals surface area contributed by atoms with Crippen molar-refractivity contribution in [1.29, 1.82) is 0 Å². The molecule has 2 unspecified atom stereocenters. The fourth-order valence-corrected chi connectivity index (χ4v) is 1.88. The molecule has 0 saturated heterocycles. The van der Waals surface area contributed by atoms with Crippen molar-refractivity contribution in [2.75, 3.05) is 0 Å². The van der Waals surface area contributed by atoms with Gasteiger partial charge in [-0.05, 0) is 25.5 Å². The summed E-state index contributed by atoms with van der Waals surface area (Å²) in [6, 6.07) is 4.67. The van der Waals surface area contributed by atoms with Gasteiger partial charge >= 0.3 is 6.18 Å². The number of hydrogen-bond acceptors (Lipinski definition) is 2. The summed E-state index contributed by atoms with van der Waals surface area (Å²) in [5.41, 5.74) is -0.494. The molecule has 96 valence electrons. The van der Waals surface area contributed by atoms with Crippen LogP contribution in [-0.4, -0.2) is 22.4 Å². The van der Waals surface area contributed by atoms with Crippen molar-refractivity contribution >= 4 is 0 Å². The molecule has 2 atom stereocenters. The molecule has 0 aliphatic carbocycles. The van der Waals surface area contributed by atoms with Gasteiger partial charge in [0.1, 0.15) is 0 Å². The summed E-state index contributed by atoms with van der Waals surface area (Å²) in [6.45, 7) is 2.88. The monoisotopic (exact) mass is 248 g/mol. The molecule has 0 radical (unpaired) electrons. The van der Waals surface area contributed by atoms with Gasteiger partial charge in [0.2, 0.25) is 0 Å². The second-order valence-electron chi connectivity index (χ2n) is 4.13. The third kappa shape index (κ3) is 3.44. The molecule has 5 heteroatoms. The normalized spacial score (nSPS) is 17.6. The van der Waals surface area contributed by atoms with E-state index in [-0.39, 0.29) is 5.56 Å².